The highest BCUT2D eigenvalue weighted by molar-refractivity contribution is 9.11. The van der Waals surface area contributed by atoms with Gasteiger partial charge in [-0.15, -0.1) is 0 Å². The molecular formula is C17H15Br2NO. The van der Waals surface area contributed by atoms with Crippen LogP contribution in [0.1, 0.15) is 27.9 Å². The van der Waals surface area contributed by atoms with Gasteiger partial charge < -0.3 is 4.90 Å². The summed E-state index contributed by atoms with van der Waals surface area (Å²) in [6.45, 7) is 2.84. The van der Waals surface area contributed by atoms with E-state index in [2.05, 4.69) is 57.0 Å². The highest BCUT2D eigenvalue weighted by atomic mass is 79.9. The molecule has 0 N–H and O–H groups in total. The van der Waals surface area contributed by atoms with Gasteiger partial charge in [0, 0.05) is 15.5 Å². The lowest BCUT2D eigenvalue weighted by Crippen LogP contribution is -2.36. The average molecular weight is 409 g/mol. The number of fused-ring (bicyclic) bond motifs is 1. The van der Waals surface area contributed by atoms with Crippen molar-refractivity contribution < 1.29 is 4.79 Å². The highest BCUT2D eigenvalue weighted by Crippen LogP contribution is 2.33. The predicted molar refractivity (Wildman–Crippen MR) is 93.0 cm³/mol. The van der Waals surface area contributed by atoms with Gasteiger partial charge in [0.2, 0.25) is 0 Å². The zero-order valence-corrected chi connectivity index (χ0v) is 14.9. The van der Waals surface area contributed by atoms with Crippen LogP contribution in [0.5, 0.6) is 0 Å². The molecule has 1 aliphatic heterocycles. The average Bonchev–Trinajstić information content (AvgIpc) is 2.49. The van der Waals surface area contributed by atoms with E-state index in [1.165, 1.54) is 5.56 Å². The second-order valence-electron chi connectivity index (χ2n) is 5.27. The molecule has 0 saturated carbocycles. The largest absolute Gasteiger partial charge is 0.308 e. The van der Waals surface area contributed by atoms with Crippen LogP contribution in [0.4, 0.5) is 5.69 Å². The van der Waals surface area contributed by atoms with Gasteiger partial charge in [-0.1, -0.05) is 34.1 Å². The van der Waals surface area contributed by atoms with Crippen LogP contribution in [0.3, 0.4) is 0 Å². The first-order valence-electron chi connectivity index (χ1n) is 6.93. The minimum atomic E-state index is 0.0541. The normalized spacial score (nSPS) is 14.0. The fourth-order valence-corrected chi connectivity index (χ4v) is 3.63. The van der Waals surface area contributed by atoms with E-state index in [0.29, 0.717) is 5.56 Å². The molecule has 0 atom stereocenters. The maximum absolute atomic E-state index is 13.0. The lowest BCUT2D eigenvalue weighted by atomic mass is 9.97. The molecule has 2 aromatic rings. The molecule has 0 saturated heterocycles. The molecular weight excluding hydrogens is 394 g/mol. The number of benzene rings is 2. The molecule has 1 aliphatic rings. The number of carbonyl (C=O) groups excluding carboxylic acids is 1. The summed E-state index contributed by atoms with van der Waals surface area (Å²) in [7, 11) is 0. The number of anilines is 1. The summed E-state index contributed by atoms with van der Waals surface area (Å²) >= 11 is 6.93. The minimum Gasteiger partial charge on any atom is -0.308 e. The zero-order chi connectivity index (χ0) is 15.0. The van der Waals surface area contributed by atoms with E-state index >= 15 is 0 Å². The molecule has 21 heavy (non-hydrogen) atoms. The van der Waals surface area contributed by atoms with E-state index in [1.807, 2.05) is 23.1 Å². The van der Waals surface area contributed by atoms with Gasteiger partial charge in [0.15, 0.2) is 0 Å². The number of nitrogens with zero attached hydrogens (tertiary/aromatic N) is 1. The third kappa shape index (κ3) is 2.79. The van der Waals surface area contributed by atoms with Crippen LogP contribution in [-0.4, -0.2) is 12.5 Å². The smallest absolute Gasteiger partial charge is 0.259 e. The fourth-order valence-electron chi connectivity index (χ4n) is 2.86. The Labute approximate surface area is 141 Å². The summed E-state index contributed by atoms with van der Waals surface area (Å²) in [6.07, 6.45) is 2.05. The molecule has 2 nitrogen and oxygen atoms in total. The molecule has 3 rings (SSSR count). The molecule has 0 radical (unpaired) electrons. The number of hydrogen-bond donors (Lipinski definition) is 0. The Bertz CT molecular complexity index is 712. The van der Waals surface area contributed by atoms with E-state index in [1.54, 1.807) is 0 Å². The number of amides is 1. The molecule has 0 aromatic heterocycles. The van der Waals surface area contributed by atoms with Crippen LogP contribution in [0.15, 0.2) is 45.3 Å². The van der Waals surface area contributed by atoms with E-state index in [0.717, 1.165) is 39.6 Å². The summed E-state index contributed by atoms with van der Waals surface area (Å²) < 4.78 is 1.74. The summed E-state index contributed by atoms with van der Waals surface area (Å²) in [4.78, 5) is 14.9. The summed E-state index contributed by atoms with van der Waals surface area (Å²) in [5.41, 5.74) is 4.20. The van der Waals surface area contributed by atoms with Gasteiger partial charge >= 0.3 is 0 Å². The van der Waals surface area contributed by atoms with Crippen molar-refractivity contribution in [2.24, 2.45) is 0 Å². The van der Waals surface area contributed by atoms with Gasteiger partial charge in [0.1, 0.15) is 0 Å². The third-order valence-corrected chi connectivity index (χ3v) is 5.01. The van der Waals surface area contributed by atoms with E-state index in [-0.39, 0.29) is 5.91 Å². The molecule has 0 unspecified atom stereocenters. The Kier molecular flexibility index (Phi) is 4.18. The molecule has 1 amide bonds. The molecule has 0 bridgehead atoms. The van der Waals surface area contributed by atoms with Crippen molar-refractivity contribution in [3.63, 3.8) is 0 Å². The van der Waals surface area contributed by atoms with E-state index < -0.39 is 0 Å². The van der Waals surface area contributed by atoms with Crippen LogP contribution < -0.4 is 4.90 Å². The van der Waals surface area contributed by atoms with Crippen LogP contribution in [-0.2, 0) is 6.42 Å². The van der Waals surface area contributed by atoms with Crippen LogP contribution in [0.2, 0.25) is 0 Å². The molecule has 0 spiro atoms. The first-order chi connectivity index (χ1) is 10.1. The van der Waals surface area contributed by atoms with Gasteiger partial charge in [-0.05, 0) is 65.0 Å². The van der Waals surface area contributed by atoms with Crippen LogP contribution >= 0.6 is 31.9 Å². The first-order valence-corrected chi connectivity index (χ1v) is 8.52. The predicted octanol–water partition coefficient (Wildman–Crippen LogP) is 5.11. The van der Waals surface area contributed by atoms with Crippen molar-refractivity contribution in [1.82, 2.24) is 0 Å². The lowest BCUT2D eigenvalue weighted by molar-refractivity contribution is 0.0984. The van der Waals surface area contributed by atoms with Crippen LogP contribution in [0.25, 0.3) is 0 Å². The Morgan fingerprint density at radius 3 is 2.81 bits per heavy atom. The van der Waals surface area contributed by atoms with E-state index in [9.17, 15) is 4.79 Å². The van der Waals surface area contributed by atoms with Gasteiger partial charge in [0.25, 0.3) is 5.91 Å². The molecule has 1 heterocycles. The van der Waals surface area contributed by atoms with Gasteiger partial charge in [-0.2, -0.15) is 0 Å². The van der Waals surface area contributed by atoms with Crippen molar-refractivity contribution in [3.05, 3.63) is 62.0 Å². The van der Waals surface area contributed by atoms with Crippen LogP contribution in [0, 0.1) is 6.92 Å². The molecule has 0 fully saturated rings. The van der Waals surface area contributed by atoms with Gasteiger partial charge in [0.05, 0.1) is 11.3 Å². The highest BCUT2D eigenvalue weighted by Gasteiger charge is 2.26. The third-order valence-electron chi connectivity index (χ3n) is 3.82. The maximum Gasteiger partial charge on any atom is 0.259 e. The van der Waals surface area contributed by atoms with Crippen molar-refractivity contribution >= 4 is 43.5 Å². The van der Waals surface area contributed by atoms with Crippen molar-refractivity contribution in [1.29, 1.82) is 0 Å². The zero-order valence-electron chi connectivity index (χ0n) is 11.7. The lowest BCUT2D eigenvalue weighted by Gasteiger charge is -2.31. The summed E-state index contributed by atoms with van der Waals surface area (Å²) in [5, 5.41) is 0. The Morgan fingerprint density at radius 2 is 2.00 bits per heavy atom. The second-order valence-corrected chi connectivity index (χ2v) is 7.04. The molecule has 0 aliphatic carbocycles. The Balaban J connectivity index is 2.06. The summed E-state index contributed by atoms with van der Waals surface area (Å²) in [5.74, 6) is 0.0541. The molecule has 2 aromatic carbocycles. The molecule has 108 valence electrons. The Morgan fingerprint density at radius 1 is 1.19 bits per heavy atom. The van der Waals surface area contributed by atoms with Crippen molar-refractivity contribution in [2.45, 2.75) is 19.8 Å². The number of hydrogen-bond acceptors (Lipinski definition) is 1. The number of halogens is 2. The number of rotatable bonds is 1. The van der Waals surface area contributed by atoms with Crippen molar-refractivity contribution in [3.8, 4) is 0 Å². The number of aryl methyl sites for hydroxylation is 2. The van der Waals surface area contributed by atoms with E-state index in [4.69, 9.17) is 0 Å². The first kappa shape index (κ1) is 14.8. The monoisotopic (exact) mass is 407 g/mol. The van der Waals surface area contributed by atoms with Crippen molar-refractivity contribution in [2.75, 3.05) is 11.4 Å². The fraction of sp³-hybridized carbons (Fsp3) is 0.235. The SMILES string of the molecule is Cc1cccc2c1N(C(=O)c1cc(Br)ccc1Br)CCC2. The minimum absolute atomic E-state index is 0.0541. The second kappa shape index (κ2) is 5.93. The Hall–Kier alpha value is -1.13. The quantitative estimate of drug-likeness (QED) is 0.641. The van der Waals surface area contributed by atoms with Gasteiger partial charge in [-0.25, -0.2) is 0 Å². The summed E-state index contributed by atoms with van der Waals surface area (Å²) in [6, 6.07) is 12.0. The standard InChI is InChI=1S/C17H15Br2NO/c1-11-4-2-5-12-6-3-9-20(16(11)12)17(21)14-10-13(18)7-8-15(14)19/h2,4-5,7-8,10H,3,6,9H2,1H3. The topological polar surface area (TPSA) is 20.3 Å². The maximum atomic E-state index is 13.0. The number of carbonyl (C=O) groups is 1. The molecule has 4 heteroatoms. The number of para-hydroxylation sites is 1. The van der Waals surface area contributed by atoms with Gasteiger partial charge in [-0.3, -0.25) is 4.79 Å².